The van der Waals surface area contributed by atoms with Gasteiger partial charge in [-0.1, -0.05) is 0 Å². The van der Waals surface area contributed by atoms with Gasteiger partial charge in [0.05, 0.1) is 6.20 Å². The molecule has 1 aliphatic carbocycles. The van der Waals surface area contributed by atoms with E-state index in [1.807, 2.05) is 0 Å². The Kier molecular flexibility index (Phi) is 4.16. The van der Waals surface area contributed by atoms with Gasteiger partial charge in [-0.15, -0.1) is 0 Å². The highest BCUT2D eigenvalue weighted by molar-refractivity contribution is 7.89. The first kappa shape index (κ1) is 14.4. The number of nitrogens with two attached hydrogens (primary N) is 1. The summed E-state index contributed by atoms with van der Waals surface area (Å²) in [5, 5.41) is 3.58. The highest BCUT2D eigenvalue weighted by atomic mass is 32.2. The zero-order valence-electron chi connectivity index (χ0n) is 10.2. The van der Waals surface area contributed by atoms with Gasteiger partial charge in [-0.25, -0.2) is 21.9 Å². The summed E-state index contributed by atoms with van der Waals surface area (Å²) < 4.78 is 51.3. The zero-order chi connectivity index (χ0) is 14.0. The summed E-state index contributed by atoms with van der Waals surface area (Å²) in [7, 11) is -3.73. The van der Waals surface area contributed by atoms with Crippen LogP contribution in [0.15, 0.2) is 17.3 Å². The number of aromatic nitrogens is 2. The second-order valence-corrected chi connectivity index (χ2v) is 6.41. The van der Waals surface area contributed by atoms with E-state index < -0.39 is 23.0 Å². The molecule has 108 valence electrons. The molecule has 0 radical (unpaired) electrons. The van der Waals surface area contributed by atoms with Crippen molar-refractivity contribution >= 4 is 10.0 Å². The van der Waals surface area contributed by atoms with Gasteiger partial charge < -0.3 is 5.73 Å². The standard InChI is InChI=1S/C10H16F2N4O2S/c11-10(12)6-16-5-8(3-14-16)19(17,18)15-4-9(13)7-1-2-7/h3,5,7,9-10,15H,1-2,4,6,13H2. The molecule has 1 heterocycles. The van der Waals surface area contributed by atoms with Crippen molar-refractivity contribution in [2.75, 3.05) is 6.54 Å². The second-order valence-electron chi connectivity index (χ2n) is 4.64. The highest BCUT2D eigenvalue weighted by Gasteiger charge is 2.29. The average molecular weight is 294 g/mol. The van der Waals surface area contributed by atoms with Crippen LogP contribution in [0, 0.1) is 5.92 Å². The van der Waals surface area contributed by atoms with E-state index in [0.717, 1.165) is 29.9 Å². The molecule has 1 saturated carbocycles. The summed E-state index contributed by atoms with van der Waals surface area (Å²) in [4.78, 5) is -0.129. The number of hydrogen-bond donors (Lipinski definition) is 2. The Labute approximate surface area is 110 Å². The maximum absolute atomic E-state index is 12.1. The van der Waals surface area contributed by atoms with Crippen LogP contribution in [0.2, 0.25) is 0 Å². The van der Waals surface area contributed by atoms with Crippen molar-refractivity contribution in [3.63, 3.8) is 0 Å². The van der Waals surface area contributed by atoms with Crippen molar-refractivity contribution in [2.24, 2.45) is 11.7 Å². The maximum atomic E-state index is 12.1. The Morgan fingerprint density at radius 3 is 2.79 bits per heavy atom. The molecule has 1 unspecified atom stereocenters. The normalized spacial score (nSPS) is 17.9. The monoisotopic (exact) mass is 294 g/mol. The van der Waals surface area contributed by atoms with Gasteiger partial charge in [0, 0.05) is 18.8 Å². The molecule has 2 rings (SSSR count). The van der Waals surface area contributed by atoms with E-state index in [1.54, 1.807) is 0 Å². The van der Waals surface area contributed by atoms with Crippen LogP contribution in [0.5, 0.6) is 0 Å². The number of hydrogen-bond acceptors (Lipinski definition) is 4. The molecule has 1 atom stereocenters. The summed E-state index contributed by atoms with van der Waals surface area (Å²) >= 11 is 0. The highest BCUT2D eigenvalue weighted by Crippen LogP contribution is 2.31. The summed E-state index contributed by atoms with van der Waals surface area (Å²) in [5.41, 5.74) is 5.79. The van der Waals surface area contributed by atoms with E-state index in [4.69, 9.17) is 5.73 Å². The fraction of sp³-hybridized carbons (Fsp3) is 0.700. The third kappa shape index (κ3) is 3.95. The maximum Gasteiger partial charge on any atom is 0.257 e. The van der Waals surface area contributed by atoms with Gasteiger partial charge in [-0.05, 0) is 18.8 Å². The van der Waals surface area contributed by atoms with Gasteiger partial charge in [-0.3, -0.25) is 4.68 Å². The second kappa shape index (κ2) is 5.51. The van der Waals surface area contributed by atoms with Crippen molar-refractivity contribution in [1.82, 2.24) is 14.5 Å². The lowest BCUT2D eigenvalue weighted by atomic mass is 10.2. The fourth-order valence-electron chi connectivity index (χ4n) is 1.70. The van der Waals surface area contributed by atoms with Crippen LogP contribution in [0.1, 0.15) is 12.8 Å². The summed E-state index contributed by atoms with van der Waals surface area (Å²) in [6.07, 6.45) is 1.60. The number of alkyl halides is 2. The lowest BCUT2D eigenvalue weighted by molar-refractivity contribution is 0.121. The van der Waals surface area contributed by atoms with Crippen LogP contribution >= 0.6 is 0 Å². The number of rotatable bonds is 7. The third-order valence-corrected chi connectivity index (χ3v) is 4.36. The molecule has 19 heavy (non-hydrogen) atoms. The quantitative estimate of drug-likeness (QED) is 0.750. The third-order valence-electron chi connectivity index (χ3n) is 2.98. The molecule has 0 spiro atoms. The summed E-state index contributed by atoms with van der Waals surface area (Å²) in [6.45, 7) is -0.482. The molecule has 1 aromatic heterocycles. The molecular formula is C10H16F2N4O2S. The van der Waals surface area contributed by atoms with Gasteiger partial charge in [0.1, 0.15) is 11.4 Å². The molecule has 0 bridgehead atoms. The summed E-state index contributed by atoms with van der Waals surface area (Å²) in [5.74, 6) is 0.379. The van der Waals surface area contributed by atoms with Crippen LogP contribution in [0.3, 0.4) is 0 Å². The fourth-order valence-corrected chi connectivity index (χ4v) is 2.73. The van der Waals surface area contributed by atoms with Crippen molar-refractivity contribution in [1.29, 1.82) is 0 Å². The van der Waals surface area contributed by atoms with E-state index in [0.29, 0.717) is 5.92 Å². The molecule has 0 amide bonds. The van der Waals surface area contributed by atoms with E-state index in [2.05, 4.69) is 9.82 Å². The number of sulfonamides is 1. The lowest BCUT2D eigenvalue weighted by Crippen LogP contribution is -2.38. The first-order valence-electron chi connectivity index (χ1n) is 5.94. The largest absolute Gasteiger partial charge is 0.326 e. The SMILES string of the molecule is NC(CNS(=O)(=O)c1cnn(CC(F)F)c1)C1CC1. The van der Waals surface area contributed by atoms with Crippen LogP contribution in [-0.2, 0) is 16.6 Å². The molecule has 1 fully saturated rings. The van der Waals surface area contributed by atoms with Crippen LogP contribution in [0.4, 0.5) is 8.78 Å². The van der Waals surface area contributed by atoms with E-state index in [-0.39, 0.29) is 17.5 Å². The lowest BCUT2D eigenvalue weighted by Gasteiger charge is -2.10. The van der Waals surface area contributed by atoms with Crippen molar-refractivity contribution in [3.8, 4) is 0 Å². The Morgan fingerprint density at radius 1 is 1.53 bits per heavy atom. The smallest absolute Gasteiger partial charge is 0.257 e. The molecule has 1 aromatic rings. The van der Waals surface area contributed by atoms with Crippen LogP contribution in [0.25, 0.3) is 0 Å². The Hall–Kier alpha value is -1.06. The van der Waals surface area contributed by atoms with Crippen molar-refractivity contribution < 1.29 is 17.2 Å². The van der Waals surface area contributed by atoms with E-state index >= 15 is 0 Å². The summed E-state index contributed by atoms with van der Waals surface area (Å²) in [6, 6.07) is -0.203. The average Bonchev–Trinajstić information content (AvgIpc) is 3.06. The molecule has 1 aliphatic rings. The van der Waals surface area contributed by atoms with Crippen LogP contribution in [-0.4, -0.2) is 37.2 Å². The Balaban J connectivity index is 1.96. The van der Waals surface area contributed by atoms with E-state index in [9.17, 15) is 17.2 Å². The minimum absolute atomic E-state index is 0.129. The Bertz CT molecular complexity index is 527. The first-order valence-corrected chi connectivity index (χ1v) is 7.42. The molecule has 6 nitrogen and oxygen atoms in total. The number of nitrogens with one attached hydrogen (secondary N) is 1. The topological polar surface area (TPSA) is 90.0 Å². The van der Waals surface area contributed by atoms with Crippen molar-refractivity contribution in [3.05, 3.63) is 12.4 Å². The van der Waals surface area contributed by atoms with Gasteiger partial charge >= 0.3 is 0 Å². The minimum Gasteiger partial charge on any atom is -0.326 e. The van der Waals surface area contributed by atoms with E-state index in [1.165, 1.54) is 0 Å². The van der Waals surface area contributed by atoms with Gasteiger partial charge in [-0.2, -0.15) is 5.10 Å². The van der Waals surface area contributed by atoms with Gasteiger partial charge in [0.25, 0.3) is 6.43 Å². The molecule has 3 N–H and O–H groups in total. The number of halogens is 2. The molecule has 0 aromatic carbocycles. The van der Waals surface area contributed by atoms with Crippen molar-refractivity contribution in [2.45, 2.75) is 36.7 Å². The van der Waals surface area contributed by atoms with Crippen LogP contribution < -0.4 is 10.5 Å². The predicted octanol–water partition coefficient (Wildman–Crippen LogP) is 0.164. The molecule has 0 saturated heterocycles. The van der Waals surface area contributed by atoms with Gasteiger partial charge in [0.15, 0.2) is 0 Å². The molecular weight excluding hydrogens is 278 g/mol. The zero-order valence-corrected chi connectivity index (χ0v) is 11.0. The first-order chi connectivity index (χ1) is 8.88. The Morgan fingerprint density at radius 2 is 2.21 bits per heavy atom. The number of nitrogens with zero attached hydrogens (tertiary/aromatic N) is 2. The van der Waals surface area contributed by atoms with Gasteiger partial charge in [0.2, 0.25) is 10.0 Å². The molecule has 0 aliphatic heterocycles. The minimum atomic E-state index is -3.73. The molecule has 9 heteroatoms. The predicted molar refractivity (Wildman–Crippen MR) is 64.1 cm³/mol.